The fourth-order valence-electron chi connectivity index (χ4n) is 4.72. The minimum Gasteiger partial charge on any atom is -0.544 e. The van der Waals surface area contributed by atoms with Gasteiger partial charge in [0.2, 0.25) is 14.2 Å². The van der Waals surface area contributed by atoms with E-state index in [4.69, 9.17) is 18.6 Å². The van der Waals surface area contributed by atoms with Gasteiger partial charge < -0.3 is 18.6 Å². The fourth-order valence-corrected chi connectivity index (χ4v) is 5.80. The van der Waals surface area contributed by atoms with E-state index in [1.807, 2.05) is 19.9 Å². The lowest BCUT2D eigenvalue weighted by Crippen LogP contribution is -2.58. The highest BCUT2D eigenvalue weighted by Gasteiger charge is 2.69. The molecule has 4 atom stereocenters. The highest BCUT2D eigenvalue weighted by atomic mass is 28.4. The van der Waals surface area contributed by atoms with Gasteiger partial charge in [-0.25, -0.2) is 9.69 Å². The van der Waals surface area contributed by atoms with Gasteiger partial charge in [0.25, 0.3) is 0 Å². The molecule has 2 fully saturated rings. The zero-order chi connectivity index (χ0) is 26.1. The van der Waals surface area contributed by atoms with Crippen LogP contribution >= 0.6 is 0 Å². The number of carbonyl (C=O) groups is 2. The predicted octanol–water partition coefficient (Wildman–Crippen LogP) is 5.55. The predicted molar refractivity (Wildman–Crippen MR) is 133 cm³/mol. The average molecular weight is 492 g/mol. The fraction of sp³-hybridized carbons (Fsp3) is 0.692. The second-order valence-corrected chi connectivity index (χ2v) is 17.2. The van der Waals surface area contributed by atoms with Crippen molar-refractivity contribution in [3.8, 4) is 0 Å². The van der Waals surface area contributed by atoms with Crippen LogP contribution in [0, 0.1) is 11.8 Å². The van der Waals surface area contributed by atoms with E-state index in [0.717, 1.165) is 0 Å². The van der Waals surface area contributed by atoms with E-state index in [1.165, 1.54) is 4.90 Å². The maximum absolute atomic E-state index is 13.9. The van der Waals surface area contributed by atoms with Crippen molar-refractivity contribution in [1.82, 2.24) is 4.90 Å². The van der Waals surface area contributed by atoms with E-state index in [-0.39, 0.29) is 17.6 Å². The Morgan fingerprint density at radius 1 is 1.24 bits per heavy atom. The van der Waals surface area contributed by atoms with Crippen LogP contribution in [0.15, 0.2) is 36.6 Å². The van der Waals surface area contributed by atoms with E-state index >= 15 is 0 Å². The average Bonchev–Trinajstić information content (AvgIpc) is 3.09. The number of carbonyl (C=O) groups excluding carboxylic acids is 2. The Hall–Kier alpha value is -1.90. The topological polar surface area (TPSA) is 74.3 Å². The number of ether oxygens (including phenoxy) is 3. The summed E-state index contributed by atoms with van der Waals surface area (Å²) < 4.78 is 24.6. The summed E-state index contributed by atoms with van der Waals surface area (Å²) in [6, 6.07) is 0. The number of imide groups is 1. The number of hydrogen-bond donors (Lipinski definition) is 0. The molecule has 7 nitrogen and oxygen atoms in total. The molecule has 0 aromatic heterocycles. The highest BCUT2D eigenvalue weighted by Crippen LogP contribution is 2.57. The van der Waals surface area contributed by atoms with Crippen LogP contribution < -0.4 is 0 Å². The molecule has 3 rings (SSSR count). The molecule has 2 bridgehead atoms. The number of rotatable bonds is 4. The summed E-state index contributed by atoms with van der Waals surface area (Å²) in [5, 5.41) is -0.113. The number of nitrogens with zero attached hydrogens (tertiary/aromatic N) is 1. The van der Waals surface area contributed by atoms with Crippen molar-refractivity contribution in [3.63, 3.8) is 0 Å². The Kier molecular flexibility index (Phi) is 6.33. The first kappa shape index (κ1) is 26.7. The van der Waals surface area contributed by atoms with E-state index < -0.39 is 49.3 Å². The monoisotopic (exact) mass is 491 g/mol. The molecule has 8 heteroatoms. The third-order valence-corrected chi connectivity index (χ3v) is 11.7. The summed E-state index contributed by atoms with van der Waals surface area (Å²) in [6.07, 6.45) is 2.24. The number of allylic oxidation sites excluding steroid dienone is 1. The molecule has 2 saturated heterocycles. The first-order valence-electron chi connectivity index (χ1n) is 11.9. The Labute approximate surface area is 205 Å². The van der Waals surface area contributed by atoms with Gasteiger partial charge >= 0.3 is 6.09 Å². The van der Waals surface area contributed by atoms with Crippen LogP contribution in [0.4, 0.5) is 4.79 Å². The Morgan fingerprint density at radius 3 is 2.26 bits per heavy atom. The summed E-state index contributed by atoms with van der Waals surface area (Å²) in [4.78, 5) is 28.6. The first-order chi connectivity index (χ1) is 15.3. The summed E-state index contributed by atoms with van der Waals surface area (Å²) in [5.74, 6) is -1.90. The number of amides is 2. The third kappa shape index (κ3) is 4.29. The van der Waals surface area contributed by atoms with Crippen molar-refractivity contribution in [2.24, 2.45) is 11.8 Å². The summed E-state index contributed by atoms with van der Waals surface area (Å²) in [5.41, 5.74) is -1.49. The summed E-state index contributed by atoms with van der Waals surface area (Å²) in [7, 11) is -2.37. The molecule has 0 aromatic carbocycles. The lowest BCUT2D eigenvalue weighted by molar-refractivity contribution is -0.148. The molecule has 0 radical (unpaired) electrons. The zero-order valence-corrected chi connectivity index (χ0v) is 23.4. The normalized spacial score (nSPS) is 31.4. The number of fused-ring (bicyclic) bond motifs is 2. The first-order valence-corrected chi connectivity index (χ1v) is 14.8. The molecule has 0 spiro atoms. The number of likely N-dealkylation sites (tertiary alicyclic amines) is 1. The Morgan fingerprint density at radius 2 is 1.82 bits per heavy atom. The molecular weight excluding hydrogens is 450 g/mol. The highest BCUT2D eigenvalue weighted by molar-refractivity contribution is 6.74. The molecule has 2 heterocycles. The van der Waals surface area contributed by atoms with E-state index in [2.05, 4.69) is 47.0 Å². The van der Waals surface area contributed by atoms with Crippen LogP contribution in [0.1, 0.15) is 55.4 Å². The minimum absolute atomic E-state index is 0.113. The standard InChI is InChI=1S/C26H41NO6Si/c1-13-26-18(33-34(11,12)24(6,7)8)14-16(2)19(20(26)17-15-30-25(9,10)31-17)21(28)27(26)22(29)32-23(3,4)5/h13-14,17,19-20H,1-2,15H2,3-12H3/t17-,19?,20?,26?/m1/s1. The van der Waals surface area contributed by atoms with Crippen molar-refractivity contribution in [3.05, 3.63) is 36.6 Å². The van der Waals surface area contributed by atoms with Gasteiger partial charge in [0, 0.05) is 5.92 Å². The van der Waals surface area contributed by atoms with Gasteiger partial charge in [0.05, 0.1) is 18.6 Å². The largest absolute Gasteiger partial charge is 0.544 e. The molecule has 1 aliphatic carbocycles. The smallest absolute Gasteiger partial charge is 0.418 e. The SMILES string of the molecule is C=CC12C(O[Si](C)(C)C(C)(C)C)=CC(=C)C(C(=O)N1C(=O)OC(C)(C)C)C2[C@H]1COC(C)(C)O1. The second-order valence-electron chi connectivity index (χ2n) is 12.5. The van der Waals surface area contributed by atoms with Crippen LogP contribution in [0.3, 0.4) is 0 Å². The lowest BCUT2D eigenvalue weighted by Gasteiger charge is -2.48. The van der Waals surface area contributed by atoms with Gasteiger partial charge in [0.15, 0.2) is 5.79 Å². The molecule has 0 N–H and O–H groups in total. The summed E-state index contributed by atoms with van der Waals surface area (Å²) in [6.45, 7) is 28.3. The van der Waals surface area contributed by atoms with Gasteiger partial charge in [0.1, 0.15) is 16.9 Å². The van der Waals surface area contributed by atoms with Gasteiger partial charge in [-0.05, 0) is 64.4 Å². The van der Waals surface area contributed by atoms with Crippen LogP contribution in [0.25, 0.3) is 0 Å². The van der Waals surface area contributed by atoms with Crippen LogP contribution in [-0.2, 0) is 23.4 Å². The van der Waals surface area contributed by atoms with Gasteiger partial charge in [-0.1, -0.05) is 33.4 Å². The van der Waals surface area contributed by atoms with E-state index in [9.17, 15) is 9.59 Å². The van der Waals surface area contributed by atoms with Crippen LogP contribution in [-0.4, -0.2) is 54.9 Å². The molecule has 3 aliphatic rings. The Bertz CT molecular complexity index is 938. The van der Waals surface area contributed by atoms with Gasteiger partial charge in [-0.3, -0.25) is 4.79 Å². The van der Waals surface area contributed by atoms with Crippen molar-refractivity contribution in [2.45, 2.75) is 96.6 Å². The maximum atomic E-state index is 13.9. The van der Waals surface area contributed by atoms with E-state index in [0.29, 0.717) is 11.3 Å². The second kappa shape index (κ2) is 8.07. The maximum Gasteiger partial charge on any atom is 0.418 e. The van der Waals surface area contributed by atoms with Crippen molar-refractivity contribution in [2.75, 3.05) is 6.61 Å². The molecular formula is C26H41NO6Si. The Balaban J connectivity index is 2.21. The van der Waals surface area contributed by atoms with Gasteiger partial charge in [-0.2, -0.15) is 0 Å². The third-order valence-electron chi connectivity index (χ3n) is 7.32. The quantitative estimate of drug-likeness (QED) is 0.379. The molecule has 3 unspecified atom stereocenters. The van der Waals surface area contributed by atoms with E-state index in [1.54, 1.807) is 26.8 Å². The number of hydrogen-bond acceptors (Lipinski definition) is 6. The molecule has 190 valence electrons. The van der Waals surface area contributed by atoms with Crippen molar-refractivity contribution in [1.29, 1.82) is 0 Å². The van der Waals surface area contributed by atoms with Gasteiger partial charge in [-0.15, -0.1) is 6.58 Å². The minimum atomic E-state index is -2.37. The van der Waals surface area contributed by atoms with Crippen LogP contribution in [0.5, 0.6) is 0 Å². The molecule has 2 aliphatic heterocycles. The molecule has 0 saturated carbocycles. The zero-order valence-electron chi connectivity index (χ0n) is 22.4. The molecule has 0 aromatic rings. The molecule has 34 heavy (non-hydrogen) atoms. The van der Waals surface area contributed by atoms with Crippen LogP contribution in [0.2, 0.25) is 18.1 Å². The lowest BCUT2D eigenvalue weighted by atomic mass is 9.69. The van der Waals surface area contributed by atoms with Crippen molar-refractivity contribution >= 4 is 20.3 Å². The molecule has 2 amide bonds. The summed E-state index contributed by atoms with van der Waals surface area (Å²) >= 11 is 0. The van der Waals surface area contributed by atoms with Crippen molar-refractivity contribution < 1.29 is 28.2 Å².